The van der Waals surface area contributed by atoms with Crippen LogP contribution in [0.5, 0.6) is 0 Å². The molecule has 0 atom stereocenters. The molecule has 0 saturated carbocycles. The molecule has 0 saturated heterocycles. The number of nitrogens with zero attached hydrogens (tertiary/aromatic N) is 2. The Bertz CT molecular complexity index is 555. The molecule has 2 aromatic heterocycles. The van der Waals surface area contributed by atoms with Crippen molar-refractivity contribution in [1.29, 1.82) is 0 Å². The largest absolute Gasteiger partial charge is 0.262 e. The topological polar surface area (TPSA) is 25.8 Å². The quantitative estimate of drug-likeness (QED) is 0.558. The third-order valence-corrected chi connectivity index (χ3v) is 3.17. The number of para-hydroxylation sites is 1. The van der Waals surface area contributed by atoms with E-state index in [9.17, 15) is 0 Å². The fourth-order valence-electron chi connectivity index (χ4n) is 1.44. The second-order valence-electron chi connectivity index (χ2n) is 3.67. The van der Waals surface area contributed by atoms with Crippen LogP contribution in [0.15, 0.2) is 48.7 Å². The van der Waals surface area contributed by atoms with Crippen LogP contribution in [0.2, 0.25) is 0 Å². The first kappa shape index (κ1) is 17.3. The van der Waals surface area contributed by atoms with Crippen molar-refractivity contribution < 1.29 is 0 Å². The lowest BCUT2D eigenvalue weighted by molar-refractivity contribution is 1.20. The Hall–Kier alpha value is -1.74. The Balaban J connectivity index is 0.000000325. The summed E-state index contributed by atoms with van der Waals surface area (Å²) in [6.45, 7) is 4.00. The van der Waals surface area contributed by atoms with E-state index in [4.69, 9.17) is 0 Å². The Kier molecular flexibility index (Phi) is 7.61. The van der Waals surface area contributed by atoms with Gasteiger partial charge in [0.05, 0.1) is 15.2 Å². The normalized spacial score (nSPS) is 8.74. The minimum atomic E-state index is 0. The molecule has 0 aliphatic rings. The average molecular weight is 274 g/mol. The summed E-state index contributed by atoms with van der Waals surface area (Å²) < 4.78 is 1.28. The van der Waals surface area contributed by atoms with Crippen molar-refractivity contribution in [1.82, 2.24) is 9.97 Å². The monoisotopic (exact) mass is 274 g/mol. The molecule has 3 heteroatoms. The lowest BCUT2D eigenvalue weighted by Crippen LogP contribution is -1.72. The molecule has 0 radical (unpaired) electrons. The Morgan fingerprint density at radius 3 is 2.11 bits per heavy atom. The number of thiazole rings is 1. The highest BCUT2D eigenvalue weighted by molar-refractivity contribution is 7.18. The van der Waals surface area contributed by atoms with E-state index in [1.807, 2.05) is 50.2 Å². The second kappa shape index (κ2) is 8.38. The van der Waals surface area contributed by atoms with Crippen LogP contribution in [-0.4, -0.2) is 9.97 Å². The van der Waals surface area contributed by atoms with Crippen LogP contribution >= 0.6 is 11.3 Å². The first-order chi connectivity index (χ1) is 8.25. The zero-order valence-electron chi connectivity index (χ0n) is 9.92. The highest BCUT2D eigenvalue weighted by Gasteiger charge is 1.95. The van der Waals surface area contributed by atoms with Gasteiger partial charge in [0, 0.05) is 11.9 Å². The lowest BCUT2D eigenvalue weighted by atomic mass is 10.3. The maximum Gasteiger partial charge on any atom is 0.0907 e. The molecule has 0 spiro atoms. The van der Waals surface area contributed by atoms with Crippen LogP contribution in [-0.2, 0) is 0 Å². The van der Waals surface area contributed by atoms with Crippen LogP contribution in [0.3, 0.4) is 0 Å². The van der Waals surface area contributed by atoms with Gasteiger partial charge in [0.25, 0.3) is 0 Å². The van der Waals surface area contributed by atoms with Crippen molar-refractivity contribution in [2.75, 3.05) is 0 Å². The van der Waals surface area contributed by atoms with Crippen LogP contribution in [0, 0.1) is 13.8 Å². The summed E-state index contributed by atoms with van der Waals surface area (Å²) in [5.74, 6) is 0. The van der Waals surface area contributed by atoms with Gasteiger partial charge >= 0.3 is 0 Å². The van der Waals surface area contributed by atoms with Gasteiger partial charge in [-0.3, -0.25) is 4.98 Å². The lowest BCUT2D eigenvalue weighted by Gasteiger charge is -1.82. The van der Waals surface area contributed by atoms with Crippen LogP contribution in [0.4, 0.5) is 0 Å². The Morgan fingerprint density at radius 1 is 0.895 bits per heavy atom. The second-order valence-corrected chi connectivity index (χ2v) is 4.91. The van der Waals surface area contributed by atoms with E-state index in [-0.39, 0.29) is 14.9 Å². The van der Waals surface area contributed by atoms with E-state index in [2.05, 4.69) is 16.0 Å². The smallest absolute Gasteiger partial charge is 0.0907 e. The van der Waals surface area contributed by atoms with E-state index in [1.165, 1.54) is 4.70 Å². The van der Waals surface area contributed by atoms with Gasteiger partial charge in [0.2, 0.25) is 0 Å². The minimum absolute atomic E-state index is 0. The summed E-state index contributed by atoms with van der Waals surface area (Å²) >= 11 is 1.74. The molecule has 0 unspecified atom stereocenters. The van der Waals surface area contributed by atoms with Crippen molar-refractivity contribution >= 4 is 21.6 Å². The fourth-order valence-corrected chi connectivity index (χ4v) is 2.26. The number of hydrogen-bond donors (Lipinski definition) is 0. The van der Waals surface area contributed by atoms with E-state index < -0.39 is 0 Å². The highest BCUT2D eigenvalue weighted by Crippen LogP contribution is 2.19. The van der Waals surface area contributed by atoms with Crippen molar-refractivity contribution in [2.24, 2.45) is 0 Å². The van der Waals surface area contributed by atoms with Gasteiger partial charge in [-0.2, -0.15) is 0 Å². The Morgan fingerprint density at radius 2 is 1.58 bits per heavy atom. The molecule has 0 fully saturated rings. The summed E-state index contributed by atoms with van der Waals surface area (Å²) in [7, 11) is 0. The highest BCUT2D eigenvalue weighted by atomic mass is 32.1. The zero-order valence-corrected chi connectivity index (χ0v) is 10.7. The van der Waals surface area contributed by atoms with Crippen molar-refractivity contribution in [2.45, 2.75) is 28.7 Å². The summed E-state index contributed by atoms with van der Waals surface area (Å²) in [6, 6.07) is 14.1. The number of pyridine rings is 1. The molecule has 0 aliphatic heterocycles. The number of aromatic nitrogens is 2. The van der Waals surface area contributed by atoms with Crippen molar-refractivity contribution in [3.05, 3.63) is 59.4 Å². The third-order valence-electron chi connectivity index (χ3n) is 2.21. The molecular formula is C16H22N2S. The van der Waals surface area contributed by atoms with Gasteiger partial charge in [-0.1, -0.05) is 33.1 Å². The maximum absolute atomic E-state index is 4.33. The molecular weight excluding hydrogens is 252 g/mol. The predicted octanol–water partition coefficient (Wildman–Crippen LogP) is 5.27. The van der Waals surface area contributed by atoms with Crippen LogP contribution in [0.25, 0.3) is 10.2 Å². The van der Waals surface area contributed by atoms with E-state index >= 15 is 0 Å². The predicted molar refractivity (Wildman–Crippen MR) is 86.8 cm³/mol. The number of rotatable bonds is 0. The van der Waals surface area contributed by atoms with Crippen LogP contribution in [0.1, 0.15) is 25.6 Å². The maximum atomic E-state index is 4.33. The molecule has 3 aromatic rings. The molecule has 1 aromatic carbocycles. The summed E-state index contributed by atoms with van der Waals surface area (Å²) in [5.41, 5.74) is 2.19. The molecule has 0 aliphatic carbocycles. The summed E-state index contributed by atoms with van der Waals surface area (Å²) in [6.07, 6.45) is 1.79. The number of benzene rings is 1. The first-order valence-electron chi connectivity index (χ1n) is 5.45. The number of hydrogen-bond acceptors (Lipinski definition) is 3. The summed E-state index contributed by atoms with van der Waals surface area (Å²) in [5, 5.41) is 1.14. The van der Waals surface area contributed by atoms with E-state index in [0.717, 1.165) is 16.2 Å². The minimum Gasteiger partial charge on any atom is -0.262 e. The van der Waals surface area contributed by atoms with Gasteiger partial charge in [0.1, 0.15) is 0 Å². The van der Waals surface area contributed by atoms with E-state index in [1.54, 1.807) is 17.5 Å². The van der Waals surface area contributed by atoms with Gasteiger partial charge in [-0.15, -0.1) is 11.3 Å². The molecule has 3 rings (SSSR count). The Labute approximate surface area is 120 Å². The molecule has 2 heterocycles. The van der Waals surface area contributed by atoms with E-state index in [0.29, 0.717) is 0 Å². The SMILES string of the molecule is C.C.Cc1ccccn1.Cc1nc2ccccc2s1. The molecule has 0 N–H and O–H groups in total. The molecule has 19 heavy (non-hydrogen) atoms. The zero-order chi connectivity index (χ0) is 12.1. The number of fused-ring (bicyclic) bond motifs is 1. The summed E-state index contributed by atoms with van der Waals surface area (Å²) in [4.78, 5) is 8.31. The van der Waals surface area contributed by atoms with Crippen molar-refractivity contribution in [3.63, 3.8) is 0 Å². The van der Waals surface area contributed by atoms with Gasteiger partial charge in [0.15, 0.2) is 0 Å². The fraction of sp³-hybridized carbons (Fsp3) is 0.250. The van der Waals surface area contributed by atoms with Crippen LogP contribution < -0.4 is 0 Å². The third kappa shape index (κ3) is 5.18. The average Bonchev–Trinajstić information content (AvgIpc) is 2.71. The van der Waals surface area contributed by atoms with Gasteiger partial charge in [-0.25, -0.2) is 4.98 Å². The molecule has 2 nitrogen and oxygen atoms in total. The first-order valence-corrected chi connectivity index (χ1v) is 6.27. The van der Waals surface area contributed by atoms with Gasteiger partial charge < -0.3 is 0 Å². The molecule has 102 valence electrons. The standard InChI is InChI=1S/C8H7NS.C6H7N.2CH4/c1-6-9-7-4-2-3-5-8(7)10-6;1-6-4-2-3-5-7-6;;/h2-5H,1H3;2-5H,1H3;2*1H4. The molecule has 0 bridgehead atoms. The van der Waals surface area contributed by atoms with Crippen molar-refractivity contribution in [3.8, 4) is 0 Å². The number of aryl methyl sites for hydroxylation is 2. The molecule has 0 amide bonds. The van der Waals surface area contributed by atoms with Gasteiger partial charge in [-0.05, 0) is 38.1 Å².